The molecule has 1 aliphatic rings. The molecule has 0 aromatic rings. The summed E-state index contributed by atoms with van der Waals surface area (Å²) in [6.07, 6.45) is 1.55. The minimum atomic E-state index is -0.958. The molecule has 0 spiro atoms. The van der Waals surface area contributed by atoms with E-state index in [1.165, 1.54) is 0 Å². The second-order valence-electron chi connectivity index (χ2n) is 2.44. The Morgan fingerprint density at radius 1 is 1.62 bits per heavy atom. The van der Waals surface area contributed by atoms with Gasteiger partial charge in [-0.05, 0) is 19.8 Å². The van der Waals surface area contributed by atoms with Gasteiger partial charge in [0.25, 0.3) is 0 Å². The number of aliphatic hydroxyl groups is 1. The van der Waals surface area contributed by atoms with Gasteiger partial charge in [-0.15, -0.1) is 0 Å². The van der Waals surface area contributed by atoms with Crippen LogP contribution in [0.3, 0.4) is 0 Å². The zero-order chi connectivity index (χ0) is 6.20. The molecule has 3 nitrogen and oxygen atoms in total. The van der Waals surface area contributed by atoms with Crippen LogP contribution < -0.4 is 0 Å². The summed E-state index contributed by atoms with van der Waals surface area (Å²) < 4.78 is 0. The minimum absolute atomic E-state index is 0.590. The summed E-state index contributed by atoms with van der Waals surface area (Å²) in [6, 6.07) is 0. The summed E-state index contributed by atoms with van der Waals surface area (Å²) in [6.45, 7) is 2.20. The van der Waals surface area contributed by atoms with Crippen molar-refractivity contribution in [2.45, 2.75) is 25.5 Å². The highest BCUT2D eigenvalue weighted by Crippen LogP contribution is 2.22. The van der Waals surface area contributed by atoms with Crippen molar-refractivity contribution in [3.05, 3.63) is 0 Å². The molecule has 0 radical (unpaired) electrons. The van der Waals surface area contributed by atoms with E-state index in [2.05, 4.69) is 0 Å². The zero-order valence-electron chi connectivity index (χ0n) is 4.96. The van der Waals surface area contributed by atoms with Gasteiger partial charge in [-0.2, -0.15) is 5.06 Å². The van der Waals surface area contributed by atoms with E-state index in [0.29, 0.717) is 13.0 Å². The van der Waals surface area contributed by atoms with E-state index in [-0.39, 0.29) is 0 Å². The van der Waals surface area contributed by atoms with Crippen molar-refractivity contribution >= 4 is 0 Å². The lowest BCUT2D eigenvalue weighted by molar-refractivity contribution is -0.228. The molecule has 1 saturated heterocycles. The molecule has 1 fully saturated rings. The SMILES string of the molecule is CC1(O)CCCN1O. The number of nitrogens with zero attached hydrogens (tertiary/aromatic N) is 1. The molecule has 8 heavy (non-hydrogen) atoms. The van der Waals surface area contributed by atoms with Crippen molar-refractivity contribution in [2.75, 3.05) is 6.54 Å². The second kappa shape index (κ2) is 1.69. The van der Waals surface area contributed by atoms with Crippen LogP contribution in [0.15, 0.2) is 0 Å². The van der Waals surface area contributed by atoms with E-state index >= 15 is 0 Å². The summed E-state index contributed by atoms with van der Waals surface area (Å²) in [5, 5.41) is 19.0. The molecule has 2 N–H and O–H groups in total. The lowest BCUT2D eigenvalue weighted by Crippen LogP contribution is -2.37. The van der Waals surface area contributed by atoms with Crippen LogP contribution in [0.4, 0.5) is 0 Å². The lowest BCUT2D eigenvalue weighted by Gasteiger charge is -2.22. The van der Waals surface area contributed by atoms with Crippen LogP contribution in [0.25, 0.3) is 0 Å². The normalized spacial score (nSPS) is 40.9. The highest BCUT2D eigenvalue weighted by molar-refractivity contribution is 4.75. The third-order valence-corrected chi connectivity index (χ3v) is 1.58. The zero-order valence-corrected chi connectivity index (χ0v) is 4.96. The van der Waals surface area contributed by atoms with Crippen molar-refractivity contribution in [3.63, 3.8) is 0 Å². The van der Waals surface area contributed by atoms with Crippen molar-refractivity contribution in [1.82, 2.24) is 5.06 Å². The van der Waals surface area contributed by atoms with Gasteiger partial charge in [-0.25, -0.2) is 0 Å². The minimum Gasteiger partial charge on any atom is -0.374 e. The van der Waals surface area contributed by atoms with Gasteiger partial charge in [0.2, 0.25) is 0 Å². The summed E-state index contributed by atoms with van der Waals surface area (Å²) in [5.74, 6) is 0. The lowest BCUT2D eigenvalue weighted by atomic mass is 10.2. The molecule has 0 aromatic heterocycles. The molecule has 1 atom stereocenters. The van der Waals surface area contributed by atoms with Gasteiger partial charge in [-0.3, -0.25) is 0 Å². The monoisotopic (exact) mass is 117 g/mol. The van der Waals surface area contributed by atoms with Crippen molar-refractivity contribution in [2.24, 2.45) is 0 Å². The molecule has 48 valence electrons. The highest BCUT2D eigenvalue weighted by atomic mass is 16.5. The van der Waals surface area contributed by atoms with E-state index in [9.17, 15) is 0 Å². The fourth-order valence-electron chi connectivity index (χ4n) is 0.934. The van der Waals surface area contributed by atoms with Crippen molar-refractivity contribution < 1.29 is 10.3 Å². The van der Waals surface area contributed by atoms with E-state index in [1.54, 1.807) is 6.92 Å². The summed E-state index contributed by atoms with van der Waals surface area (Å²) >= 11 is 0. The van der Waals surface area contributed by atoms with Crippen LogP contribution in [0.2, 0.25) is 0 Å². The van der Waals surface area contributed by atoms with Crippen molar-refractivity contribution in [3.8, 4) is 0 Å². The Morgan fingerprint density at radius 3 is 2.38 bits per heavy atom. The fourth-order valence-corrected chi connectivity index (χ4v) is 0.934. The topological polar surface area (TPSA) is 43.7 Å². The maximum atomic E-state index is 9.14. The molecule has 3 heteroatoms. The van der Waals surface area contributed by atoms with Crippen LogP contribution >= 0.6 is 0 Å². The number of hydrogen-bond acceptors (Lipinski definition) is 3. The molecule has 0 bridgehead atoms. The first-order valence-corrected chi connectivity index (χ1v) is 2.82. The maximum absolute atomic E-state index is 9.14. The van der Waals surface area contributed by atoms with E-state index in [1.807, 2.05) is 0 Å². The Balaban J connectivity index is 2.54. The van der Waals surface area contributed by atoms with Crippen molar-refractivity contribution in [1.29, 1.82) is 0 Å². The Bertz CT molecular complexity index is 92.4. The second-order valence-corrected chi connectivity index (χ2v) is 2.44. The molecule has 0 aromatic carbocycles. The van der Waals surface area contributed by atoms with Gasteiger partial charge in [0.05, 0.1) is 0 Å². The number of hydrogen-bond donors (Lipinski definition) is 2. The molecule has 0 aliphatic carbocycles. The molecule has 1 heterocycles. The van der Waals surface area contributed by atoms with Gasteiger partial charge < -0.3 is 10.3 Å². The molecule has 0 saturated carbocycles. The molecule has 0 amide bonds. The molecular weight excluding hydrogens is 106 g/mol. The van der Waals surface area contributed by atoms with E-state index in [4.69, 9.17) is 10.3 Å². The molecule has 1 aliphatic heterocycles. The maximum Gasteiger partial charge on any atom is 0.137 e. The summed E-state index contributed by atoms with van der Waals surface area (Å²) in [5.41, 5.74) is -0.958. The number of hydroxylamine groups is 2. The average Bonchev–Trinajstić information content (AvgIpc) is 1.86. The Morgan fingerprint density at radius 2 is 2.25 bits per heavy atom. The predicted molar refractivity (Wildman–Crippen MR) is 28.4 cm³/mol. The fraction of sp³-hybridized carbons (Fsp3) is 1.00. The van der Waals surface area contributed by atoms with Gasteiger partial charge >= 0.3 is 0 Å². The molecular formula is C5H11NO2. The van der Waals surface area contributed by atoms with Crippen LogP contribution in [0.1, 0.15) is 19.8 Å². The first-order chi connectivity index (χ1) is 3.63. The van der Waals surface area contributed by atoms with Gasteiger partial charge in [0.1, 0.15) is 5.72 Å². The first kappa shape index (κ1) is 6.01. The third kappa shape index (κ3) is 0.844. The van der Waals surface area contributed by atoms with E-state index < -0.39 is 5.72 Å². The van der Waals surface area contributed by atoms with Crippen LogP contribution in [-0.4, -0.2) is 27.6 Å². The van der Waals surface area contributed by atoms with Gasteiger partial charge in [-0.1, -0.05) is 0 Å². The molecule has 1 rings (SSSR count). The predicted octanol–water partition coefficient (Wildman–Crippen LogP) is 0.180. The van der Waals surface area contributed by atoms with E-state index in [0.717, 1.165) is 11.5 Å². The van der Waals surface area contributed by atoms with Gasteiger partial charge in [0, 0.05) is 6.54 Å². The van der Waals surface area contributed by atoms with Gasteiger partial charge in [0.15, 0.2) is 0 Å². The number of rotatable bonds is 0. The van der Waals surface area contributed by atoms with Crippen LogP contribution in [0.5, 0.6) is 0 Å². The first-order valence-electron chi connectivity index (χ1n) is 2.82. The largest absolute Gasteiger partial charge is 0.374 e. The summed E-state index contributed by atoms with van der Waals surface area (Å²) in [4.78, 5) is 0. The standard InChI is InChI=1S/C5H11NO2/c1-5(7)3-2-4-6(5)8/h7-8H,2-4H2,1H3. The van der Waals surface area contributed by atoms with Crippen LogP contribution in [0, 0.1) is 0 Å². The average molecular weight is 117 g/mol. The highest BCUT2D eigenvalue weighted by Gasteiger charge is 2.32. The quantitative estimate of drug-likeness (QED) is 0.475. The molecule has 1 unspecified atom stereocenters. The Kier molecular flexibility index (Phi) is 1.27. The van der Waals surface area contributed by atoms with Crippen LogP contribution in [-0.2, 0) is 0 Å². The third-order valence-electron chi connectivity index (χ3n) is 1.58. The smallest absolute Gasteiger partial charge is 0.137 e. The Labute approximate surface area is 48.5 Å². The summed E-state index contributed by atoms with van der Waals surface area (Å²) in [7, 11) is 0. The Hall–Kier alpha value is -0.120.